The van der Waals surface area contributed by atoms with E-state index < -0.39 is 5.41 Å². The van der Waals surface area contributed by atoms with Gasteiger partial charge in [0.1, 0.15) is 31.3 Å². The highest BCUT2D eigenvalue weighted by Crippen LogP contribution is 2.56. The van der Waals surface area contributed by atoms with Gasteiger partial charge in [-0.25, -0.2) is 0 Å². The second-order valence-electron chi connectivity index (χ2n) is 8.85. The third-order valence-electron chi connectivity index (χ3n) is 6.71. The molecule has 37 heavy (non-hydrogen) atoms. The quantitative estimate of drug-likeness (QED) is 0.170. The molecular formula is C31H30NO5-. The zero-order chi connectivity index (χ0) is 25.7. The van der Waals surface area contributed by atoms with Crippen LogP contribution >= 0.6 is 0 Å². The van der Waals surface area contributed by atoms with Crippen molar-refractivity contribution in [2.45, 2.75) is 5.41 Å². The van der Waals surface area contributed by atoms with Crippen molar-refractivity contribution in [3.05, 3.63) is 125 Å². The SMILES string of the molecule is COCCOc1ccc(C2(c3ccc(OCCON(C)[O-])cc3)c3ccccc3-c3ccccc32)cc1. The maximum absolute atomic E-state index is 10.9. The molecule has 0 amide bonds. The lowest BCUT2D eigenvalue weighted by Crippen LogP contribution is -2.28. The lowest BCUT2D eigenvalue weighted by Gasteiger charge is -2.34. The van der Waals surface area contributed by atoms with Crippen molar-refractivity contribution in [2.24, 2.45) is 0 Å². The first-order valence-electron chi connectivity index (χ1n) is 12.3. The maximum atomic E-state index is 10.9. The molecule has 1 aliphatic carbocycles. The molecule has 6 nitrogen and oxygen atoms in total. The minimum absolute atomic E-state index is 0.186. The number of rotatable bonds is 11. The Morgan fingerprint density at radius 1 is 0.622 bits per heavy atom. The molecule has 5 rings (SSSR count). The zero-order valence-electron chi connectivity index (χ0n) is 21.1. The largest absolute Gasteiger partial charge is 0.762 e. The zero-order valence-corrected chi connectivity index (χ0v) is 21.1. The first-order chi connectivity index (χ1) is 18.1. The molecule has 0 heterocycles. The molecule has 4 aromatic carbocycles. The summed E-state index contributed by atoms with van der Waals surface area (Å²) in [6, 6.07) is 33.8. The molecular weight excluding hydrogens is 466 g/mol. The van der Waals surface area contributed by atoms with Gasteiger partial charge < -0.3 is 24.3 Å². The molecule has 0 saturated heterocycles. The first-order valence-corrected chi connectivity index (χ1v) is 12.3. The van der Waals surface area contributed by atoms with Crippen LogP contribution in [0.5, 0.6) is 11.5 Å². The topological polar surface area (TPSA) is 63.2 Å². The van der Waals surface area contributed by atoms with E-state index in [1.165, 1.54) is 29.3 Å². The number of nitrogens with zero attached hydrogens (tertiary/aromatic N) is 1. The summed E-state index contributed by atoms with van der Waals surface area (Å²) in [5.74, 6) is 1.53. The van der Waals surface area contributed by atoms with E-state index in [9.17, 15) is 5.21 Å². The van der Waals surface area contributed by atoms with E-state index in [0.29, 0.717) is 18.4 Å². The second-order valence-corrected chi connectivity index (χ2v) is 8.85. The summed E-state index contributed by atoms with van der Waals surface area (Å²) in [5.41, 5.74) is 6.75. The van der Waals surface area contributed by atoms with Crippen molar-refractivity contribution < 1.29 is 19.0 Å². The van der Waals surface area contributed by atoms with Gasteiger partial charge in [0, 0.05) is 7.11 Å². The molecule has 0 bridgehead atoms. The van der Waals surface area contributed by atoms with E-state index in [-0.39, 0.29) is 13.2 Å². The molecule has 0 fully saturated rings. The maximum Gasteiger partial charge on any atom is 0.119 e. The van der Waals surface area contributed by atoms with Crippen molar-refractivity contribution in [1.82, 2.24) is 5.23 Å². The van der Waals surface area contributed by atoms with Crippen LogP contribution in [0.1, 0.15) is 22.3 Å². The molecule has 0 saturated carbocycles. The molecule has 190 valence electrons. The van der Waals surface area contributed by atoms with Gasteiger partial charge in [0.25, 0.3) is 0 Å². The van der Waals surface area contributed by atoms with Crippen LogP contribution in [0.4, 0.5) is 0 Å². The number of hydroxylamine groups is 2. The average molecular weight is 497 g/mol. The highest BCUT2D eigenvalue weighted by atomic mass is 16.9. The van der Waals surface area contributed by atoms with Crippen molar-refractivity contribution in [2.75, 3.05) is 40.6 Å². The van der Waals surface area contributed by atoms with Crippen molar-refractivity contribution in [1.29, 1.82) is 0 Å². The fraction of sp³-hybridized carbons (Fsp3) is 0.226. The van der Waals surface area contributed by atoms with Gasteiger partial charge in [0.05, 0.1) is 12.0 Å². The van der Waals surface area contributed by atoms with Crippen LogP contribution in [0.15, 0.2) is 97.1 Å². The molecule has 0 aliphatic heterocycles. The van der Waals surface area contributed by atoms with Gasteiger partial charge >= 0.3 is 0 Å². The number of methoxy groups -OCH3 is 1. The summed E-state index contributed by atoms with van der Waals surface area (Å²) in [6.07, 6.45) is 0. The Balaban J connectivity index is 1.57. The summed E-state index contributed by atoms with van der Waals surface area (Å²) >= 11 is 0. The Morgan fingerprint density at radius 3 is 1.54 bits per heavy atom. The van der Waals surface area contributed by atoms with E-state index in [2.05, 4.69) is 72.8 Å². The molecule has 0 radical (unpaired) electrons. The standard InChI is InChI=1S/C31H30NO5/c1-32(33)37-22-21-36-26-17-13-24(14-18-26)31(23-11-15-25(16-12-23)35-20-19-34-2)29-9-5-3-7-27(29)28-8-4-6-10-30(28)31/h3-18H,19-22H2,1-2H3/q-1. The Labute approximate surface area is 217 Å². The molecule has 4 aromatic rings. The fourth-order valence-corrected chi connectivity index (χ4v) is 5.19. The lowest BCUT2D eigenvalue weighted by molar-refractivity contribution is -0.107. The van der Waals surface area contributed by atoms with Gasteiger partial charge in [-0.2, -0.15) is 0 Å². The summed E-state index contributed by atoms with van der Waals surface area (Å²) in [4.78, 5) is 4.90. The minimum atomic E-state index is -0.495. The van der Waals surface area contributed by atoms with E-state index in [0.717, 1.165) is 22.6 Å². The third-order valence-corrected chi connectivity index (χ3v) is 6.71. The smallest absolute Gasteiger partial charge is 0.119 e. The van der Waals surface area contributed by atoms with Gasteiger partial charge in [-0.15, -0.1) is 0 Å². The highest BCUT2D eigenvalue weighted by Gasteiger charge is 2.45. The average Bonchev–Trinajstić information content (AvgIpc) is 3.23. The predicted octanol–water partition coefficient (Wildman–Crippen LogP) is 5.81. The Hall–Kier alpha value is -3.68. The molecule has 0 spiro atoms. The van der Waals surface area contributed by atoms with E-state index in [1.54, 1.807) is 7.11 Å². The highest BCUT2D eigenvalue weighted by molar-refractivity contribution is 5.86. The Morgan fingerprint density at radius 2 is 1.08 bits per heavy atom. The van der Waals surface area contributed by atoms with Gasteiger partial charge in [-0.05, 0) is 64.7 Å². The number of ether oxygens (including phenoxy) is 3. The molecule has 1 aliphatic rings. The summed E-state index contributed by atoms with van der Waals surface area (Å²) in [6.45, 7) is 1.52. The van der Waals surface area contributed by atoms with Crippen LogP contribution in [0.3, 0.4) is 0 Å². The van der Waals surface area contributed by atoms with Crippen LogP contribution in [-0.2, 0) is 15.0 Å². The monoisotopic (exact) mass is 496 g/mol. The lowest BCUT2D eigenvalue weighted by atomic mass is 9.68. The summed E-state index contributed by atoms with van der Waals surface area (Å²) in [7, 11) is 2.98. The normalized spacial score (nSPS) is 13.3. The minimum Gasteiger partial charge on any atom is -0.762 e. The molecule has 0 atom stereocenters. The van der Waals surface area contributed by atoms with E-state index >= 15 is 0 Å². The van der Waals surface area contributed by atoms with Gasteiger partial charge in [0.2, 0.25) is 0 Å². The van der Waals surface area contributed by atoms with Crippen LogP contribution in [-0.4, -0.2) is 45.8 Å². The van der Waals surface area contributed by atoms with E-state index in [1.807, 2.05) is 24.3 Å². The second kappa shape index (κ2) is 11.2. The van der Waals surface area contributed by atoms with Crippen LogP contribution in [0.25, 0.3) is 11.1 Å². The summed E-state index contributed by atoms with van der Waals surface area (Å²) in [5, 5.41) is 11.4. The van der Waals surface area contributed by atoms with E-state index in [4.69, 9.17) is 19.0 Å². The third kappa shape index (κ3) is 4.84. The van der Waals surface area contributed by atoms with Crippen LogP contribution in [0.2, 0.25) is 0 Å². The molecule has 0 N–H and O–H groups in total. The predicted molar refractivity (Wildman–Crippen MR) is 144 cm³/mol. The summed E-state index contributed by atoms with van der Waals surface area (Å²) < 4.78 is 16.8. The van der Waals surface area contributed by atoms with Gasteiger partial charge in [0.15, 0.2) is 0 Å². The van der Waals surface area contributed by atoms with Crippen molar-refractivity contribution in [3.8, 4) is 22.6 Å². The number of fused-ring (bicyclic) bond motifs is 3. The van der Waals surface area contributed by atoms with Gasteiger partial charge in [-0.3, -0.25) is 5.23 Å². The Bertz CT molecular complexity index is 1270. The number of hydrogen-bond donors (Lipinski definition) is 0. The molecule has 6 heteroatoms. The van der Waals surface area contributed by atoms with Gasteiger partial charge in [-0.1, -0.05) is 72.8 Å². The van der Waals surface area contributed by atoms with Crippen LogP contribution in [0, 0.1) is 5.21 Å². The van der Waals surface area contributed by atoms with Crippen LogP contribution < -0.4 is 9.47 Å². The number of benzene rings is 4. The van der Waals surface area contributed by atoms with Crippen molar-refractivity contribution in [3.63, 3.8) is 0 Å². The molecule has 0 unspecified atom stereocenters. The fourth-order valence-electron chi connectivity index (χ4n) is 5.19. The first kappa shape index (κ1) is 25.0. The van der Waals surface area contributed by atoms with Crippen molar-refractivity contribution >= 4 is 0 Å². The molecule has 0 aromatic heterocycles. The number of hydrogen-bond acceptors (Lipinski definition) is 6. The Kier molecular flexibility index (Phi) is 7.53.